The molecule has 1 heteroatoms. The highest BCUT2D eigenvalue weighted by Gasteiger charge is 2.05. The largest absolute Gasteiger partial charge is 0.379 e. The molecule has 0 saturated carbocycles. The Labute approximate surface area is 77.5 Å². The molecule has 0 spiro atoms. The molecule has 1 radical (unpaired) electrons. The van der Waals surface area contributed by atoms with Crippen molar-refractivity contribution in [2.45, 2.75) is 58.5 Å². The fourth-order valence-electron chi connectivity index (χ4n) is 1.40. The summed E-state index contributed by atoms with van der Waals surface area (Å²) in [7, 11) is 0. The third-order valence-electron chi connectivity index (χ3n) is 2.06. The Bertz CT molecular complexity index is 75.1. The molecule has 0 aliphatic carbocycles. The van der Waals surface area contributed by atoms with Gasteiger partial charge in [-0.05, 0) is 19.8 Å². The molecule has 0 aromatic heterocycles. The van der Waals surface area contributed by atoms with Crippen LogP contribution in [-0.4, -0.2) is 12.7 Å². The maximum Gasteiger partial charge on any atom is 0.0575 e. The van der Waals surface area contributed by atoms with Gasteiger partial charge in [-0.2, -0.15) is 0 Å². The van der Waals surface area contributed by atoms with E-state index in [4.69, 9.17) is 4.74 Å². The van der Waals surface area contributed by atoms with E-state index in [1.807, 2.05) is 0 Å². The molecule has 1 atom stereocenters. The van der Waals surface area contributed by atoms with Gasteiger partial charge in [-0.15, -0.1) is 0 Å². The van der Waals surface area contributed by atoms with E-state index in [1.165, 1.54) is 25.7 Å². The zero-order valence-corrected chi connectivity index (χ0v) is 8.64. The molecule has 12 heavy (non-hydrogen) atoms. The van der Waals surface area contributed by atoms with E-state index in [1.54, 1.807) is 0 Å². The van der Waals surface area contributed by atoms with E-state index in [2.05, 4.69) is 20.8 Å². The van der Waals surface area contributed by atoms with E-state index >= 15 is 0 Å². The van der Waals surface area contributed by atoms with Crippen LogP contribution in [0.15, 0.2) is 0 Å². The van der Waals surface area contributed by atoms with Gasteiger partial charge in [0.1, 0.15) is 0 Å². The number of unbranched alkanes of at least 4 members (excludes halogenated alkanes) is 2. The van der Waals surface area contributed by atoms with Crippen molar-refractivity contribution in [1.29, 1.82) is 0 Å². The molecular weight excluding hydrogens is 148 g/mol. The minimum Gasteiger partial charge on any atom is -0.379 e. The summed E-state index contributed by atoms with van der Waals surface area (Å²) < 4.78 is 5.59. The third-order valence-corrected chi connectivity index (χ3v) is 2.06. The molecule has 73 valence electrons. The number of hydrogen-bond acceptors (Lipinski definition) is 1. The van der Waals surface area contributed by atoms with Crippen molar-refractivity contribution in [3.05, 3.63) is 6.92 Å². The highest BCUT2D eigenvalue weighted by Crippen LogP contribution is 2.11. The van der Waals surface area contributed by atoms with Crippen LogP contribution in [0.4, 0.5) is 0 Å². The predicted molar refractivity (Wildman–Crippen MR) is 54.1 cm³/mol. The van der Waals surface area contributed by atoms with Crippen molar-refractivity contribution < 1.29 is 4.74 Å². The average molecular weight is 171 g/mol. The lowest BCUT2D eigenvalue weighted by molar-refractivity contribution is 0.0495. The number of hydrogen-bond donors (Lipinski definition) is 0. The molecule has 0 aromatic rings. The summed E-state index contributed by atoms with van der Waals surface area (Å²) in [6.07, 6.45) is 7.75. The number of ether oxygens (including phenoxy) is 1. The van der Waals surface area contributed by atoms with E-state index in [-0.39, 0.29) is 0 Å². The monoisotopic (exact) mass is 171 g/mol. The maximum atomic E-state index is 5.59. The second-order valence-corrected chi connectivity index (χ2v) is 3.22. The van der Waals surface area contributed by atoms with Crippen molar-refractivity contribution in [2.75, 3.05) is 6.61 Å². The molecule has 0 N–H and O–H groups in total. The first-order valence-electron chi connectivity index (χ1n) is 5.26. The summed E-state index contributed by atoms with van der Waals surface area (Å²) in [6, 6.07) is 0. The second-order valence-electron chi connectivity index (χ2n) is 3.22. The van der Waals surface area contributed by atoms with Crippen molar-refractivity contribution in [3.63, 3.8) is 0 Å². The molecular formula is C11H23O. The third kappa shape index (κ3) is 6.66. The first-order valence-corrected chi connectivity index (χ1v) is 5.26. The molecule has 0 aliphatic rings. The van der Waals surface area contributed by atoms with Gasteiger partial charge >= 0.3 is 0 Å². The highest BCUT2D eigenvalue weighted by atomic mass is 16.5. The summed E-state index contributed by atoms with van der Waals surface area (Å²) in [5.41, 5.74) is 0. The smallest absolute Gasteiger partial charge is 0.0575 e. The van der Waals surface area contributed by atoms with Gasteiger partial charge in [-0.25, -0.2) is 0 Å². The van der Waals surface area contributed by atoms with Crippen LogP contribution >= 0.6 is 0 Å². The van der Waals surface area contributed by atoms with Crippen molar-refractivity contribution in [3.8, 4) is 0 Å². The van der Waals surface area contributed by atoms with Crippen molar-refractivity contribution >= 4 is 0 Å². The lowest BCUT2D eigenvalue weighted by atomic mass is 10.1. The van der Waals surface area contributed by atoms with E-state index < -0.39 is 0 Å². The molecule has 1 unspecified atom stereocenters. The Morgan fingerprint density at radius 3 is 2.42 bits per heavy atom. The van der Waals surface area contributed by atoms with Crippen LogP contribution < -0.4 is 0 Å². The summed E-state index contributed by atoms with van der Waals surface area (Å²) in [5, 5.41) is 0. The van der Waals surface area contributed by atoms with Gasteiger partial charge in [0.2, 0.25) is 0 Å². The molecule has 0 saturated heterocycles. The Kier molecular flexibility index (Phi) is 9.02. The maximum absolute atomic E-state index is 5.59. The summed E-state index contributed by atoms with van der Waals surface area (Å²) in [5.74, 6) is 0. The fourth-order valence-corrected chi connectivity index (χ4v) is 1.40. The molecule has 0 aliphatic heterocycles. The molecule has 0 heterocycles. The average Bonchev–Trinajstić information content (AvgIpc) is 2.06. The van der Waals surface area contributed by atoms with Gasteiger partial charge in [0.25, 0.3) is 0 Å². The Balaban J connectivity index is 3.34. The van der Waals surface area contributed by atoms with Crippen LogP contribution in [0.3, 0.4) is 0 Å². The molecule has 0 fully saturated rings. The molecule has 0 bridgehead atoms. The minimum atomic E-state index is 0.471. The lowest BCUT2D eigenvalue weighted by Gasteiger charge is -2.15. The van der Waals surface area contributed by atoms with Crippen LogP contribution in [0.2, 0.25) is 0 Å². The normalized spacial score (nSPS) is 13.2. The van der Waals surface area contributed by atoms with E-state index in [0.29, 0.717) is 6.10 Å². The zero-order valence-electron chi connectivity index (χ0n) is 8.64. The highest BCUT2D eigenvalue weighted by molar-refractivity contribution is 4.59. The summed E-state index contributed by atoms with van der Waals surface area (Å²) in [6.45, 7) is 9.00. The standard InChI is InChI=1S/C11H23O/c1-4-7-8-10-11(9-5-2)12-6-3/h11H,2,4-10H2,1,3H3. The SMILES string of the molecule is [CH2]CCC(CCCCC)OCC. The van der Waals surface area contributed by atoms with Gasteiger partial charge in [-0.3, -0.25) is 0 Å². The quantitative estimate of drug-likeness (QED) is 0.507. The second kappa shape index (κ2) is 9.05. The molecule has 0 amide bonds. The Hall–Kier alpha value is -0.0400. The molecule has 0 rings (SSSR count). The van der Waals surface area contributed by atoms with E-state index in [9.17, 15) is 0 Å². The summed E-state index contributed by atoms with van der Waals surface area (Å²) in [4.78, 5) is 0. The van der Waals surface area contributed by atoms with Crippen molar-refractivity contribution in [2.24, 2.45) is 0 Å². The Morgan fingerprint density at radius 1 is 1.17 bits per heavy atom. The van der Waals surface area contributed by atoms with Crippen LogP contribution in [-0.2, 0) is 4.74 Å². The first-order chi connectivity index (χ1) is 5.85. The minimum absolute atomic E-state index is 0.471. The van der Waals surface area contributed by atoms with Gasteiger partial charge < -0.3 is 4.74 Å². The predicted octanol–water partition coefficient (Wildman–Crippen LogP) is 3.59. The van der Waals surface area contributed by atoms with E-state index in [0.717, 1.165) is 19.4 Å². The van der Waals surface area contributed by atoms with Crippen molar-refractivity contribution in [1.82, 2.24) is 0 Å². The molecule has 1 nitrogen and oxygen atoms in total. The van der Waals surface area contributed by atoms with Crippen LogP contribution in [0, 0.1) is 6.92 Å². The van der Waals surface area contributed by atoms with Crippen LogP contribution in [0.5, 0.6) is 0 Å². The van der Waals surface area contributed by atoms with Gasteiger partial charge in [0.05, 0.1) is 6.10 Å². The van der Waals surface area contributed by atoms with Gasteiger partial charge in [0.15, 0.2) is 0 Å². The zero-order chi connectivity index (χ0) is 9.23. The van der Waals surface area contributed by atoms with Gasteiger partial charge in [0, 0.05) is 6.61 Å². The fraction of sp³-hybridized carbons (Fsp3) is 0.909. The Morgan fingerprint density at radius 2 is 1.92 bits per heavy atom. The van der Waals surface area contributed by atoms with Gasteiger partial charge in [-0.1, -0.05) is 39.5 Å². The summed E-state index contributed by atoms with van der Waals surface area (Å²) >= 11 is 0. The lowest BCUT2D eigenvalue weighted by Crippen LogP contribution is -2.12. The first kappa shape index (κ1) is 12.0. The number of rotatable bonds is 8. The molecule has 0 aromatic carbocycles. The van der Waals surface area contributed by atoms with Crippen LogP contribution in [0.1, 0.15) is 52.4 Å². The topological polar surface area (TPSA) is 9.23 Å². The van der Waals surface area contributed by atoms with Crippen LogP contribution in [0.25, 0.3) is 0 Å².